The van der Waals surface area contributed by atoms with Gasteiger partial charge in [-0.15, -0.1) is 0 Å². The van der Waals surface area contributed by atoms with Gasteiger partial charge in [-0.3, -0.25) is 0 Å². The van der Waals surface area contributed by atoms with Gasteiger partial charge in [0.15, 0.2) is 11.6 Å². The third-order valence-electron chi connectivity index (χ3n) is 1.97. The van der Waals surface area contributed by atoms with Crippen molar-refractivity contribution in [1.82, 2.24) is 0 Å². The van der Waals surface area contributed by atoms with E-state index in [-0.39, 0.29) is 17.0 Å². The molecule has 0 bridgehead atoms. The summed E-state index contributed by atoms with van der Waals surface area (Å²) in [5.74, 6) is -1.36. The van der Waals surface area contributed by atoms with Gasteiger partial charge in [0.2, 0.25) is 0 Å². The molecular weight excluding hydrogens is 225 g/mol. The summed E-state index contributed by atoms with van der Waals surface area (Å²) in [7, 11) is 1.29. The number of carbonyl (C=O) groups is 1. The molecule has 5 heteroatoms. The van der Waals surface area contributed by atoms with E-state index < -0.39 is 17.4 Å². The Hall–Kier alpha value is -1.78. The summed E-state index contributed by atoms with van der Waals surface area (Å²) in [5, 5.41) is 0. The Labute approximate surface area is 99.5 Å². The first kappa shape index (κ1) is 13.3. The minimum atomic E-state index is -0.634. The molecule has 0 aliphatic carbocycles. The van der Waals surface area contributed by atoms with Crippen LogP contribution in [-0.2, 0) is 4.74 Å². The highest BCUT2D eigenvalue weighted by molar-refractivity contribution is 5.96. The van der Waals surface area contributed by atoms with E-state index in [2.05, 4.69) is 0 Å². The number of carbonyl (C=O) groups excluding carboxylic acids is 1. The van der Waals surface area contributed by atoms with Crippen LogP contribution in [0.5, 0.6) is 5.75 Å². The average molecular weight is 241 g/mol. The van der Waals surface area contributed by atoms with Crippen LogP contribution in [0.25, 0.3) is 0 Å². The highest BCUT2D eigenvalue weighted by atomic mass is 19.1. The molecule has 0 spiro atoms. The van der Waals surface area contributed by atoms with E-state index in [1.165, 1.54) is 13.2 Å². The maximum atomic E-state index is 13.3. The van der Waals surface area contributed by atoms with Crippen molar-refractivity contribution in [1.29, 1.82) is 0 Å². The van der Waals surface area contributed by atoms with Crippen LogP contribution in [0.3, 0.4) is 0 Å². The summed E-state index contributed by atoms with van der Waals surface area (Å²) in [6, 6.07) is 2.40. The van der Waals surface area contributed by atoms with Crippen LogP contribution in [0.2, 0.25) is 0 Å². The molecule has 0 aliphatic rings. The van der Waals surface area contributed by atoms with E-state index in [0.29, 0.717) is 0 Å². The second-order valence-corrected chi connectivity index (χ2v) is 4.54. The third kappa shape index (κ3) is 3.09. The minimum absolute atomic E-state index is 0.0539. The Morgan fingerprint density at radius 1 is 1.35 bits per heavy atom. The number of methoxy groups -OCH3 is 1. The van der Waals surface area contributed by atoms with E-state index >= 15 is 0 Å². The molecule has 0 saturated carbocycles. The van der Waals surface area contributed by atoms with Crippen LogP contribution >= 0.6 is 0 Å². The molecule has 2 N–H and O–H groups in total. The molecule has 0 aromatic heterocycles. The molecule has 0 unspecified atom stereocenters. The topological polar surface area (TPSA) is 61.5 Å². The Bertz CT molecular complexity index is 438. The SMILES string of the molecule is COc1c(F)ccc(C(=O)OC(C)(C)C)c1N. The number of nitrogens with two attached hydrogens (primary N) is 1. The van der Waals surface area contributed by atoms with Crippen molar-refractivity contribution in [2.75, 3.05) is 12.8 Å². The maximum absolute atomic E-state index is 13.3. The summed E-state index contributed by atoms with van der Waals surface area (Å²) in [6.45, 7) is 5.21. The largest absolute Gasteiger partial charge is 0.492 e. The van der Waals surface area contributed by atoms with Gasteiger partial charge in [0.05, 0.1) is 18.4 Å². The van der Waals surface area contributed by atoms with Crippen molar-refractivity contribution in [2.24, 2.45) is 0 Å². The molecule has 0 heterocycles. The number of ether oxygens (including phenoxy) is 2. The lowest BCUT2D eigenvalue weighted by Crippen LogP contribution is -2.24. The normalized spacial score (nSPS) is 11.1. The van der Waals surface area contributed by atoms with Gasteiger partial charge in [-0.25, -0.2) is 9.18 Å². The van der Waals surface area contributed by atoms with Crippen LogP contribution in [-0.4, -0.2) is 18.7 Å². The van der Waals surface area contributed by atoms with E-state index in [1.54, 1.807) is 20.8 Å². The standard InChI is InChI=1S/C12H16FNO3/c1-12(2,3)17-11(15)7-5-6-8(13)10(16-4)9(7)14/h5-6H,14H2,1-4H3. The van der Waals surface area contributed by atoms with E-state index in [0.717, 1.165) is 6.07 Å². The number of anilines is 1. The van der Waals surface area contributed by atoms with Gasteiger partial charge in [0.25, 0.3) is 0 Å². The molecule has 0 aliphatic heterocycles. The first-order valence-electron chi connectivity index (χ1n) is 5.11. The lowest BCUT2D eigenvalue weighted by Gasteiger charge is -2.20. The monoisotopic (exact) mass is 241 g/mol. The molecule has 1 rings (SSSR count). The van der Waals surface area contributed by atoms with Gasteiger partial charge in [-0.1, -0.05) is 0 Å². The van der Waals surface area contributed by atoms with Crippen molar-refractivity contribution < 1.29 is 18.7 Å². The molecule has 17 heavy (non-hydrogen) atoms. The fraction of sp³-hybridized carbons (Fsp3) is 0.417. The molecule has 0 atom stereocenters. The van der Waals surface area contributed by atoms with Gasteiger partial charge < -0.3 is 15.2 Å². The highest BCUT2D eigenvalue weighted by Crippen LogP contribution is 2.29. The first-order valence-corrected chi connectivity index (χ1v) is 5.11. The lowest BCUT2D eigenvalue weighted by molar-refractivity contribution is 0.00705. The summed E-state index contributed by atoms with van der Waals surface area (Å²) in [4.78, 5) is 11.8. The zero-order valence-corrected chi connectivity index (χ0v) is 10.3. The minimum Gasteiger partial charge on any atom is -0.492 e. The Morgan fingerprint density at radius 2 is 1.94 bits per heavy atom. The number of hydrogen-bond acceptors (Lipinski definition) is 4. The zero-order valence-electron chi connectivity index (χ0n) is 10.3. The third-order valence-corrected chi connectivity index (χ3v) is 1.97. The summed E-state index contributed by atoms with van der Waals surface area (Å²) >= 11 is 0. The van der Waals surface area contributed by atoms with Crippen LogP contribution < -0.4 is 10.5 Å². The molecule has 1 aromatic rings. The van der Waals surface area contributed by atoms with E-state index in [1.807, 2.05) is 0 Å². The average Bonchev–Trinajstić information content (AvgIpc) is 2.15. The second kappa shape index (κ2) is 4.61. The smallest absolute Gasteiger partial charge is 0.340 e. The number of nitrogen functional groups attached to an aromatic ring is 1. The number of esters is 1. The lowest BCUT2D eigenvalue weighted by atomic mass is 10.1. The molecule has 0 amide bonds. The fourth-order valence-electron chi connectivity index (χ4n) is 1.29. The van der Waals surface area contributed by atoms with Crippen LogP contribution in [0.4, 0.5) is 10.1 Å². The molecule has 4 nitrogen and oxygen atoms in total. The van der Waals surface area contributed by atoms with E-state index in [9.17, 15) is 9.18 Å². The van der Waals surface area contributed by atoms with Gasteiger partial charge in [-0.2, -0.15) is 0 Å². The van der Waals surface area contributed by atoms with Crippen LogP contribution in [0.15, 0.2) is 12.1 Å². The molecule has 1 aromatic carbocycles. The van der Waals surface area contributed by atoms with Crippen molar-refractivity contribution in [2.45, 2.75) is 26.4 Å². The maximum Gasteiger partial charge on any atom is 0.340 e. The predicted octanol–water partition coefficient (Wildman–Crippen LogP) is 2.37. The van der Waals surface area contributed by atoms with Gasteiger partial charge in [0, 0.05) is 0 Å². The summed E-state index contributed by atoms with van der Waals surface area (Å²) in [6.07, 6.45) is 0. The molecule has 0 radical (unpaired) electrons. The predicted molar refractivity (Wildman–Crippen MR) is 62.5 cm³/mol. The van der Waals surface area contributed by atoms with Crippen molar-refractivity contribution in [3.63, 3.8) is 0 Å². The van der Waals surface area contributed by atoms with Crippen LogP contribution in [0.1, 0.15) is 31.1 Å². The van der Waals surface area contributed by atoms with Gasteiger partial charge >= 0.3 is 5.97 Å². The van der Waals surface area contributed by atoms with Crippen LogP contribution in [0, 0.1) is 5.82 Å². The van der Waals surface area contributed by atoms with Gasteiger partial charge in [0.1, 0.15) is 5.60 Å². The Kier molecular flexibility index (Phi) is 3.60. The summed E-state index contributed by atoms with van der Waals surface area (Å²) in [5.41, 5.74) is 5.06. The number of halogens is 1. The quantitative estimate of drug-likeness (QED) is 0.637. The second-order valence-electron chi connectivity index (χ2n) is 4.54. The summed E-state index contributed by atoms with van der Waals surface area (Å²) < 4.78 is 23.2. The van der Waals surface area contributed by atoms with Gasteiger partial charge in [-0.05, 0) is 32.9 Å². The fourth-order valence-corrected chi connectivity index (χ4v) is 1.29. The number of benzene rings is 1. The van der Waals surface area contributed by atoms with Crippen molar-refractivity contribution >= 4 is 11.7 Å². The molecular formula is C12H16FNO3. The molecule has 0 fully saturated rings. The van der Waals surface area contributed by atoms with Crippen molar-refractivity contribution in [3.05, 3.63) is 23.5 Å². The Morgan fingerprint density at radius 3 is 2.41 bits per heavy atom. The Balaban J connectivity index is 3.12. The molecule has 94 valence electrons. The number of rotatable bonds is 2. The zero-order chi connectivity index (χ0) is 13.2. The first-order chi connectivity index (χ1) is 7.76. The number of hydrogen-bond donors (Lipinski definition) is 1. The highest BCUT2D eigenvalue weighted by Gasteiger charge is 2.22. The van der Waals surface area contributed by atoms with E-state index in [4.69, 9.17) is 15.2 Å². The molecule has 0 saturated heterocycles. The van der Waals surface area contributed by atoms with Crippen molar-refractivity contribution in [3.8, 4) is 5.75 Å².